The van der Waals surface area contributed by atoms with Gasteiger partial charge in [0.05, 0.1) is 0 Å². The molecule has 1 aromatic heterocycles. The molecule has 0 amide bonds. The number of hydrogen-bond acceptors (Lipinski definition) is 1. The molecule has 1 heterocycles. The van der Waals surface area contributed by atoms with Gasteiger partial charge < -0.3 is 4.57 Å². The fourth-order valence-electron chi connectivity index (χ4n) is 1.39. The van der Waals surface area contributed by atoms with E-state index in [4.69, 9.17) is 0 Å². The van der Waals surface area contributed by atoms with E-state index in [1.54, 1.807) is 0 Å². The van der Waals surface area contributed by atoms with Crippen LogP contribution in [0.4, 0.5) is 0 Å². The minimum Gasteiger partial charge on any atom is -0.350 e. The molecule has 0 saturated heterocycles. The monoisotopic (exact) mass is 191 g/mol. The first-order valence-electron chi connectivity index (χ1n) is 4.97. The summed E-state index contributed by atoms with van der Waals surface area (Å²) in [5.74, 6) is 0.230. The third-order valence-electron chi connectivity index (χ3n) is 2.00. The van der Waals surface area contributed by atoms with E-state index in [0.717, 1.165) is 24.1 Å². The number of ketones is 1. The Morgan fingerprint density at radius 1 is 1.57 bits per heavy atom. The van der Waals surface area contributed by atoms with E-state index < -0.39 is 0 Å². The number of rotatable bonds is 5. The van der Waals surface area contributed by atoms with Crippen LogP contribution in [0.2, 0.25) is 0 Å². The van der Waals surface area contributed by atoms with Gasteiger partial charge in [-0.15, -0.1) is 0 Å². The molecule has 0 spiro atoms. The van der Waals surface area contributed by atoms with Crippen LogP contribution in [0.1, 0.15) is 37.0 Å². The largest absolute Gasteiger partial charge is 0.350 e. The summed E-state index contributed by atoms with van der Waals surface area (Å²) in [6, 6.07) is 1.88. The highest BCUT2D eigenvalue weighted by Crippen LogP contribution is 2.07. The van der Waals surface area contributed by atoms with Crippen LogP contribution in [0.5, 0.6) is 0 Å². The molecule has 0 unspecified atom stereocenters. The topological polar surface area (TPSA) is 22.0 Å². The van der Waals surface area contributed by atoms with Crippen LogP contribution in [0.3, 0.4) is 0 Å². The van der Waals surface area contributed by atoms with E-state index in [1.165, 1.54) is 0 Å². The molecule has 0 aromatic carbocycles. The van der Waals surface area contributed by atoms with E-state index >= 15 is 0 Å². The van der Waals surface area contributed by atoms with E-state index in [2.05, 4.69) is 6.58 Å². The fraction of sp³-hybridized carbons (Fsp3) is 0.417. The molecule has 0 N–H and O–H groups in total. The summed E-state index contributed by atoms with van der Waals surface area (Å²) in [5.41, 5.74) is 1.91. The Balaban J connectivity index is 2.67. The summed E-state index contributed by atoms with van der Waals surface area (Å²) in [4.78, 5) is 11.5. The maximum absolute atomic E-state index is 11.5. The number of carbonyl (C=O) groups is 1. The van der Waals surface area contributed by atoms with Crippen molar-refractivity contribution in [3.63, 3.8) is 0 Å². The molecule has 2 nitrogen and oxygen atoms in total. The first-order chi connectivity index (χ1) is 6.63. The molecular weight excluding hydrogens is 174 g/mol. The predicted molar refractivity (Wildman–Crippen MR) is 58.5 cm³/mol. The molecular formula is C12H17NO. The Hall–Kier alpha value is -1.31. The Morgan fingerprint density at radius 3 is 2.86 bits per heavy atom. The van der Waals surface area contributed by atoms with Crippen molar-refractivity contribution in [2.24, 2.45) is 0 Å². The minimum absolute atomic E-state index is 0.230. The van der Waals surface area contributed by atoms with Crippen LogP contribution < -0.4 is 0 Å². The highest BCUT2D eigenvalue weighted by Gasteiger charge is 2.05. The molecule has 0 aliphatic carbocycles. The highest BCUT2D eigenvalue weighted by atomic mass is 16.1. The van der Waals surface area contributed by atoms with Gasteiger partial charge in [-0.3, -0.25) is 4.79 Å². The SMILES string of the molecule is C=C(C)Cn1ccc(C(=O)CCC)c1. The molecule has 1 rings (SSSR count). The summed E-state index contributed by atoms with van der Waals surface area (Å²) in [6.45, 7) is 8.62. The van der Waals surface area contributed by atoms with Gasteiger partial charge in [0.1, 0.15) is 0 Å². The molecule has 0 aliphatic rings. The average molecular weight is 191 g/mol. The van der Waals surface area contributed by atoms with Crippen LogP contribution in [0.15, 0.2) is 30.6 Å². The van der Waals surface area contributed by atoms with Gasteiger partial charge in [-0.05, 0) is 19.4 Å². The van der Waals surface area contributed by atoms with Crippen molar-refractivity contribution in [3.8, 4) is 0 Å². The second-order valence-corrected chi connectivity index (χ2v) is 3.70. The third-order valence-corrected chi connectivity index (χ3v) is 2.00. The van der Waals surface area contributed by atoms with Crippen LogP contribution in [-0.2, 0) is 6.54 Å². The van der Waals surface area contributed by atoms with Crippen molar-refractivity contribution < 1.29 is 4.79 Å². The maximum Gasteiger partial charge on any atom is 0.164 e. The van der Waals surface area contributed by atoms with Crippen LogP contribution in [0.25, 0.3) is 0 Å². The van der Waals surface area contributed by atoms with Crippen molar-refractivity contribution >= 4 is 5.78 Å². The fourth-order valence-corrected chi connectivity index (χ4v) is 1.39. The Labute approximate surface area is 85.2 Å². The summed E-state index contributed by atoms with van der Waals surface area (Å²) in [7, 11) is 0. The molecule has 0 bridgehead atoms. The lowest BCUT2D eigenvalue weighted by molar-refractivity contribution is 0.0981. The van der Waals surface area contributed by atoms with Gasteiger partial charge in [-0.1, -0.05) is 19.1 Å². The van der Waals surface area contributed by atoms with E-state index in [-0.39, 0.29) is 5.78 Å². The van der Waals surface area contributed by atoms with Crippen LogP contribution in [0, 0.1) is 0 Å². The zero-order valence-corrected chi connectivity index (χ0v) is 8.92. The van der Waals surface area contributed by atoms with Crippen molar-refractivity contribution in [1.82, 2.24) is 4.57 Å². The van der Waals surface area contributed by atoms with Crippen molar-refractivity contribution in [3.05, 3.63) is 36.2 Å². The molecule has 0 atom stereocenters. The number of nitrogens with zero attached hydrogens (tertiary/aromatic N) is 1. The van der Waals surface area contributed by atoms with Gasteiger partial charge in [0, 0.05) is 30.9 Å². The zero-order valence-electron chi connectivity index (χ0n) is 8.92. The number of aromatic nitrogens is 1. The molecule has 0 fully saturated rings. The van der Waals surface area contributed by atoms with Gasteiger partial charge >= 0.3 is 0 Å². The Morgan fingerprint density at radius 2 is 2.29 bits per heavy atom. The number of hydrogen-bond donors (Lipinski definition) is 0. The highest BCUT2D eigenvalue weighted by molar-refractivity contribution is 5.95. The van der Waals surface area contributed by atoms with E-state index in [0.29, 0.717) is 6.42 Å². The van der Waals surface area contributed by atoms with Crippen molar-refractivity contribution in [2.75, 3.05) is 0 Å². The molecule has 2 heteroatoms. The van der Waals surface area contributed by atoms with Crippen LogP contribution >= 0.6 is 0 Å². The lowest BCUT2D eigenvalue weighted by Crippen LogP contribution is -1.98. The van der Waals surface area contributed by atoms with Crippen LogP contribution in [-0.4, -0.2) is 10.4 Å². The molecule has 0 aliphatic heterocycles. The molecule has 76 valence electrons. The Kier molecular flexibility index (Phi) is 3.69. The summed E-state index contributed by atoms with van der Waals surface area (Å²) >= 11 is 0. The van der Waals surface area contributed by atoms with Gasteiger partial charge in [0.25, 0.3) is 0 Å². The van der Waals surface area contributed by atoms with Crippen molar-refractivity contribution in [1.29, 1.82) is 0 Å². The van der Waals surface area contributed by atoms with E-state index in [1.807, 2.05) is 36.9 Å². The quantitative estimate of drug-likeness (QED) is 0.518. The van der Waals surface area contributed by atoms with Gasteiger partial charge in [-0.2, -0.15) is 0 Å². The third kappa shape index (κ3) is 2.87. The summed E-state index contributed by atoms with van der Waals surface area (Å²) < 4.78 is 1.99. The first-order valence-corrected chi connectivity index (χ1v) is 4.97. The summed E-state index contributed by atoms with van der Waals surface area (Å²) in [5, 5.41) is 0. The first kappa shape index (κ1) is 10.8. The summed E-state index contributed by atoms with van der Waals surface area (Å²) in [6.07, 6.45) is 5.37. The smallest absolute Gasteiger partial charge is 0.164 e. The number of allylic oxidation sites excluding steroid dienone is 1. The predicted octanol–water partition coefficient (Wildman–Crippen LogP) is 3.05. The van der Waals surface area contributed by atoms with Crippen molar-refractivity contribution in [2.45, 2.75) is 33.2 Å². The maximum atomic E-state index is 11.5. The lowest BCUT2D eigenvalue weighted by Gasteiger charge is -2.00. The molecule has 0 saturated carbocycles. The average Bonchev–Trinajstić information content (AvgIpc) is 2.52. The van der Waals surface area contributed by atoms with Gasteiger partial charge in [-0.25, -0.2) is 0 Å². The molecule has 1 aromatic rings. The van der Waals surface area contributed by atoms with Gasteiger partial charge in [0.2, 0.25) is 0 Å². The second-order valence-electron chi connectivity index (χ2n) is 3.70. The Bertz CT molecular complexity index is 336. The second kappa shape index (κ2) is 4.80. The number of Topliss-reactive ketones (excluding diaryl/α,β-unsaturated/α-hetero) is 1. The number of carbonyl (C=O) groups excluding carboxylic acids is 1. The normalized spacial score (nSPS) is 10.1. The minimum atomic E-state index is 0.230. The van der Waals surface area contributed by atoms with Gasteiger partial charge in [0.15, 0.2) is 5.78 Å². The molecule has 0 radical (unpaired) electrons. The standard InChI is InChI=1S/C12H17NO/c1-4-5-12(14)11-6-7-13(9-11)8-10(2)3/h6-7,9H,2,4-5,8H2,1,3H3. The van der Waals surface area contributed by atoms with E-state index in [9.17, 15) is 4.79 Å². The molecule has 14 heavy (non-hydrogen) atoms. The lowest BCUT2D eigenvalue weighted by atomic mass is 10.1. The zero-order chi connectivity index (χ0) is 10.6.